The second-order valence-electron chi connectivity index (χ2n) is 7.02. The van der Waals surface area contributed by atoms with Crippen molar-refractivity contribution in [2.75, 3.05) is 0 Å². The van der Waals surface area contributed by atoms with Crippen molar-refractivity contribution in [2.45, 2.75) is 51.6 Å². The molecule has 27 heavy (non-hydrogen) atoms. The predicted molar refractivity (Wildman–Crippen MR) is 111 cm³/mol. The molecule has 1 aliphatic heterocycles. The van der Waals surface area contributed by atoms with E-state index in [1.54, 1.807) is 0 Å². The van der Waals surface area contributed by atoms with Crippen molar-refractivity contribution in [3.05, 3.63) is 83.2 Å². The van der Waals surface area contributed by atoms with Crippen molar-refractivity contribution in [1.82, 2.24) is 0 Å². The molecule has 0 aliphatic carbocycles. The molecular weight excluding hydrogens is 330 g/mol. The third-order valence-corrected chi connectivity index (χ3v) is 8.89. The van der Waals surface area contributed by atoms with E-state index in [2.05, 4.69) is 85.9 Å². The maximum atomic E-state index is 4.05. The zero-order valence-corrected chi connectivity index (χ0v) is 18.5. The zero-order valence-electron chi connectivity index (χ0n) is 17.5. The molecule has 0 unspecified atom stereocenters. The minimum Gasteiger partial charge on any atom is -0.297 e. The Balaban J connectivity index is 0.00000182. The van der Waals surface area contributed by atoms with Crippen molar-refractivity contribution < 1.29 is 37.7 Å². The van der Waals surface area contributed by atoms with Crippen molar-refractivity contribution in [1.29, 1.82) is 0 Å². The molecule has 0 fully saturated rings. The van der Waals surface area contributed by atoms with Crippen molar-refractivity contribution in [3.8, 4) is 0 Å². The fourth-order valence-electron chi connectivity index (χ4n) is 3.61. The largest absolute Gasteiger partial charge is 1.00 e. The van der Waals surface area contributed by atoms with Gasteiger partial charge in [0.2, 0.25) is 0 Å². The number of rotatable bonds is 8. The molecule has 0 nitrogen and oxygen atoms in total. The minimum absolute atomic E-state index is 0. The van der Waals surface area contributed by atoms with Crippen LogP contribution in [0.5, 0.6) is 0 Å². The van der Waals surface area contributed by atoms with Gasteiger partial charge in [-0.3, -0.25) is 22.5 Å². The van der Waals surface area contributed by atoms with Crippen LogP contribution < -0.4 is 37.7 Å². The first kappa shape index (κ1) is 24.4. The topological polar surface area (TPSA) is 0 Å². The summed E-state index contributed by atoms with van der Waals surface area (Å²) in [5, 5.41) is 0. The van der Waals surface area contributed by atoms with E-state index in [0.717, 1.165) is 0 Å². The van der Waals surface area contributed by atoms with E-state index in [4.69, 9.17) is 0 Å². The Morgan fingerprint density at radius 1 is 0.630 bits per heavy atom. The van der Waals surface area contributed by atoms with Gasteiger partial charge in [0.1, 0.15) is 0 Å². The van der Waals surface area contributed by atoms with Gasteiger partial charge in [0, 0.05) is 0 Å². The first-order valence-electron chi connectivity index (χ1n) is 9.69. The van der Waals surface area contributed by atoms with Gasteiger partial charge in [0.25, 0.3) is 0 Å². The van der Waals surface area contributed by atoms with E-state index in [-0.39, 0.29) is 37.7 Å². The molecule has 0 spiro atoms. The van der Waals surface area contributed by atoms with Crippen LogP contribution in [0.25, 0.3) is 11.1 Å². The van der Waals surface area contributed by atoms with Crippen LogP contribution in [0.4, 0.5) is 0 Å². The Kier molecular flexibility index (Phi) is 10.8. The number of hydrogen-bond donors (Lipinski definition) is 0. The van der Waals surface area contributed by atoms with Gasteiger partial charge >= 0.3 is 37.7 Å². The SMILES string of the molecule is CCCC[Si]1(CCCC)[C-]=C(c2ccccc2)C(c2ccccc2)=[C-]1.[Li+].[Li+]. The Bertz CT molecular complexity index is 670. The van der Waals surface area contributed by atoms with Crippen LogP contribution in [0.15, 0.2) is 60.7 Å². The molecule has 0 bridgehead atoms. The molecule has 0 radical (unpaired) electrons. The van der Waals surface area contributed by atoms with Gasteiger partial charge in [0.05, 0.1) is 0 Å². The molecule has 0 atom stereocenters. The molecule has 0 saturated heterocycles. The van der Waals surface area contributed by atoms with E-state index in [1.807, 2.05) is 0 Å². The molecule has 0 aromatic heterocycles. The summed E-state index contributed by atoms with van der Waals surface area (Å²) < 4.78 is 0. The average Bonchev–Trinajstić information content (AvgIpc) is 3.06. The van der Waals surface area contributed by atoms with Crippen molar-refractivity contribution >= 4 is 19.2 Å². The van der Waals surface area contributed by atoms with E-state index in [1.165, 1.54) is 60.0 Å². The number of hydrogen-bond acceptors (Lipinski definition) is 0. The van der Waals surface area contributed by atoms with E-state index in [9.17, 15) is 0 Å². The second kappa shape index (κ2) is 12.0. The van der Waals surface area contributed by atoms with Crippen LogP contribution >= 0.6 is 0 Å². The second-order valence-corrected chi connectivity index (χ2v) is 10.7. The van der Waals surface area contributed by atoms with Gasteiger partial charge in [-0.2, -0.15) is 11.1 Å². The third kappa shape index (κ3) is 6.16. The zero-order chi connectivity index (χ0) is 17.5. The average molecular weight is 358 g/mol. The molecule has 1 heterocycles. The van der Waals surface area contributed by atoms with Crippen LogP contribution in [-0.4, -0.2) is 8.07 Å². The maximum Gasteiger partial charge on any atom is 1.00 e. The Hall–Kier alpha value is -0.668. The summed E-state index contributed by atoms with van der Waals surface area (Å²) >= 11 is 0. The van der Waals surface area contributed by atoms with Crippen molar-refractivity contribution in [2.24, 2.45) is 0 Å². The van der Waals surface area contributed by atoms with Gasteiger partial charge in [-0.25, -0.2) is 0 Å². The first-order valence-corrected chi connectivity index (χ1v) is 12.1. The van der Waals surface area contributed by atoms with Crippen molar-refractivity contribution in [3.63, 3.8) is 0 Å². The summed E-state index contributed by atoms with van der Waals surface area (Å²) in [6.45, 7) is 4.58. The fraction of sp³-hybridized carbons (Fsp3) is 0.333. The van der Waals surface area contributed by atoms with E-state index < -0.39 is 8.07 Å². The summed E-state index contributed by atoms with van der Waals surface area (Å²) in [4.78, 5) is 0. The monoisotopic (exact) mass is 358 g/mol. The molecule has 130 valence electrons. The summed E-state index contributed by atoms with van der Waals surface area (Å²) in [7, 11) is -1.74. The molecule has 2 aromatic rings. The van der Waals surface area contributed by atoms with E-state index >= 15 is 0 Å². The molecule has 0 amide bonds. The molecule has 0 saturated carbocycles. The Labute approximate surface area is 190 Å². The standard InChI is InChI=1S/C24H28Si.2Li/c1-3-5-17-25(18-6-4-2)19-23(21-13-9-7-10-14-21)24(20-25)22-15-11-8-12-16-22;;/h7-16H,3-6,17-18H2,1-2H3;;/q-2;2*+1. The van der Waals surface area contributed by atoms with Crippen LogP contribution in [-0.2, 0) is 0 Å². The number of benzene rings is 2. The Morgan fingerprint density at radius 3 is 1.33 bits per heavy atom. The summed E-state index contributed by atoms with van der Waals surface area (Å²) in [5.41, 5.74) is 13.3. The number of allylic oxidation sites excluding steroid dienone is 2. The molecular formula is C24H28Li2Si. The van der Waals surface area contributed by atoms with Gasteiger partial charge in [-0.1, -0.05) is 88.0 Å². The van der Waals surface area contributed by atoms with Crippen LogP contribution in [0, 0.1) is 11.4 Å². The molecule has 3 rings (SSSR count). The quantitative estimate of drug-likeness (QED) is 0.486. The molecule has 3 heteroatoms. The van der Waals surface area contributed by atoms with Gasteiger partial charge in [0.15, 0.2) is 0 Å². The third-order valence-electron chi connectivity index (χ3n) is 5.02. The van der Waals surface area contributed by atoms with Gasteiger partial charge < -0.3 is 0 Å². The smallest absolute Gasteiger partial charge is 0.297 e. The molecule has 2 aromatic carbocycles. The van der Waals surface area contributed by atoms with Gasteiger partial charge in [-0.15, -0.1) is 24.3 Å². The maximum absolute atomic E-state index is 4.05. The predicted octanol–water partition coefficient (Wildman–Crippen LogP) is 0.909. The normalized spacial score (nSPS) is 14.6. The summed E-state index contributed by atoms with van der Waals surface area (Å²) in [6, 6.07) is 24.2. The Morgan fingerprint density at radius 2 is 1.00 bits per heavy atom. The number of unbranched alkanes of at least 4 members (excludes halogenated alkanes) is 2. The minimum atomic E-state index is -1.74. The van der Waals surface area contributed by atoms with E-state index in [0.29, 0.717) is 0 Å². The van der Waals surface area contributed by atoms with Crippen LogP contribution in [0.2, 0.25) is 12.1 Å². The summed E-state index contributed by atoms with van der Waals surface area (Å²) in [6.07, 6.45) is 5.09. The van der Waals surface area contributed by atoms with Gasteiger partial charge in [-0.05, 0) is 8.07 Å². The first-order chi connectivity index (χ1) is 12.3. The van der Waals surface area contributed by atoms with Crippen LogP contribution in [0.1, 0.15) is 50.7 Å². The fourth-order valence-corrected chi connectivity index (χ4v) is 7.83. The van der Waals surface area contributed by atoms with Crippen LogP contribution in [0.3, 0.4) is 0 Å². The summed E-state index contributed by atoms with van der Waals surface area (Å²) in [5.74, 6) is 0. The molecule has 1 aliphatic rings. The molecule has 0 N–H and O–H groups in total.